The lowest BCUT2D eigenvalue weighted by Gasteiger charge is -2.39. The van der Waals surface area contributed by atoms with Crippen molar-refractivity contribution in [1.82, 2.24) is 0 Å². The van der Waals surface area contributed by atoms with Gasteiger partial charge in [-0.2, -0.15) is 0 Å². The van der Waals surface area contributed by atoms with Crippen LogP contribution in [0.15, 0.2) is 22.7 Å². The molecular weight excluding hydrogens is 294 g/mol. The molecule has 1 heterocycles. The smallest absolute Gasteiger partial charge is 0.124 e. The molecule has 2 atom stereocenters. The van der Waals surface area contributed by atoms with Crippen LogP contribution in [0.4, 0.5) is 5.69 Å². The van der Waals surface area contributed by atoms with Crippen molar-refractivity contribution in [3.8, 4) is 0 Å². The molecule has 0 aliphatic carbocycles. The highest BCUT2D eigenvalue weighted by atomic mass is 79.9. The molecule has 3 N–H and O–H groups in total. The first kappa shape index (κ1) is 13.4. The third kappa shape index (κ3) is 2.67. The van der Waals surface area contributed by atoms with Crippen molar-refractivity contribution in [3.05, 3.63) is 28.2 Å². The minimum Gasteiger partial charge on any atom is -0.384 e. The lowest BCUT2D eigenvalue weighted by molar-refractivity contribution is 0.0343. The van der Waals surface area contributed by atoms with E-state index in [0.29, 0.717) is 6.61 Å². The first-order chi connectivity index (χ1) is 8.49. The van der Waals surface area contributed by atoms with E-state index in [1.54, 1.807) is 0 Å². The number of hydrogen-bond acceptors (Lipinski definition) is 3. The highest BCUT2D eigenvalue weighted by molar-refractivity contribution is 9.10. The van der Waals surface area contributed by atoms with Gasteiger partial charge in [0.2, 0.25) is 0 Å². The van der Waals surface area contributed by atoms with E-state index in [9.17, 15) is 0 Å². The molecule has 0 bridgehead atoms. The number of nitrogen functional groups attached to an aromatic ring is 1. The molecule has 1 aliphatic heterocycles. The normalized spacial score (nSPS) is 24.1. The summed E-state index contributed by atoms with van der Waals surface area (Å²) < 4.78 is 6.63. The van der Waals surface area contributed by atoms with Crippen LogP contribution < -0.4 is 10.6 Å². The highest BCUT2D eigenvalue weighted by Gasteiger charge is 2.25. The van der Waals surface area contributed by atoms with Gasteiger partial charge < -0.3 is 15.4 Å². The molecule has 1 aromatic carbocycles. The predicted octanol–water partition coefficient (Wildman–Crippen LogP) is 2.35. The summed E-state index contributed by atoms with van der Waals surface area (Å²) in [5.41, 5.74) is 7.44. The molecule has 18 heavy (non-hydrogen) atoms. The summed E-state index contributed by atoms with van der Waals surface area (Å²) in [5.74, 6) is 0.101. The van der Waals surface area contributed by atoms with Crippen LogP contribution in [-0.4, -0.2) is 31.1 Å². The molecule has 98 valence electrons. The highest BCUT2D eigenvalue weighted by Crippen LogP contribution is 2.28. The Labute approximate surface area is 116 Å². The second-order valence-corrected chi connectivity index (χ2v) is 5.64. The molecule has 1 aliphatic rings. The van der Waals surface area contributed by atoms with Crippen molar-refractivity contribution in [2.24, 2.45) is 5.73 Å². The van der Waals surface area contributed by atoms with E-state index in [0.717, 1.165) is 22.3 Å². The molecule has 1 aromatic rings. The second kappa shape index (κ2) is 5.28. The first-order valence-corrected chi connectivity index (χ1v) is 6.80. The molecule has 1 fully saturated rings. The minimum absolute atomic E-state index is 0.101. The van der Waals surface area contributed by atoms with Gasteiger partial charge in [-0.1, -0.05) is 15.9 Å². The Balaban J connectivity index is 2.41. The quantitative estimate of drug-likeness (QED) is 0.651. The van der Waals surface area contributed by atoms with Crippen LogP contribution in [0.3, 0.4) is 0 Å². The summed E-state index contributed by atoms with van der Waals surface area (Å²) in [4.78, 5) is 2.26. The number of benzene rings is 1. The molecule has 1 saturated heterocycles. The summed E-state index contributed by atoms with van der Waals surface area (Å²) in [6.45, 7) is 5.70. The zero-order valence-electron chi connectivity index (χ0n) is 10.6. The number of anilines is 1. The van der Waals surface area contributed by atoms with Gasteiger partial charge in [0.05, 0.1) is 12.7 Å². The number of halogens is 1. The summed E-state index contributed by atoms with van der Waals surface area (Å²) in [7, 11) is 0. The topological polar surface area (TPSA) is 62.3 Å². The molecule has 0 spiro atoms. The number of ether oxygens (including phenoxy) is 1. The van der Waals surface area contributed by atoms with E-state index in [1.807, 2.05) is 18.2 Å². The number of amidine groups is 1. The Kier molecular flexibility index (Phi) is 3.92. The largest absolute Gasteiger partial charge is 0.384 e. The maximum absolute atomic E-state index is 7.69. The van der Waals surface area contributed by atoms with Gasteiger partial charge in [-0.25, -0.2) is 0 Å². The second-order valence-electron chi connectivity index (χ2n) is 4.72. The fourth-order valence-corrected chi connectivity index (χ4v) is 2.56. The molecule has 4 nitrogen and oxygen atoms in total. The third-order valence-corrected chi connectivity index (χ3v) is 3.66. The van der Waals surface area contributed by atoms with Crippen molar-refractivity contribution >= 4 is 27.5 Å². The average Bonchev–Trinajstić information content (AvgIpc) is 2.31. The van der Waals surface area contributed by atoms with Gasteiger partial charge in [0.25, 0.3) is 0 Å². The molecular formula is C13H18BrN3O. The molecule has 0 radical (unpaired) electrons. The molecule has 0 saturated carbocycles. The molecule has 0 aromatic heterocycles. The third-order valence-electron chi connectivity index (χ3n) is 3.17. The van der Waals surface area contributed by atoms with Gasteiger partial charge in [0, 0.05) is 28.3 Å². The lowest BCUT2D eigenvalue weighted by atomic mass is 10.1. The van der Waals surface area contributed by atoms with Crippen molar-refractivity contribution in [2.45, 2.75) is 26.0 Å². The minimum atomic E-state index is 0.101. The van der Waals surface area contributed by atoms with Gasteiger partial charge in [-0.15, -0.1) is 0 Å². The maximum Gasteiger partial charge on any atom is 0.124 e. The van der Waals surface area contributed by atoms with E-state index in [2.05, 4.69) is 34.7 Å². The number of nitrogens with one attached hydrogen (secondary N) is 1. The number of morpholine rings is 1. The molecule has 0 amide bonds. The Bertz CT molecular complexity index is 464. The summed E-state index contributed by atoms with van der Waals surface area (Å²) in [6, 6.07) is 6.10. The van der Waals surface area contributed by atoms with Crippen molar-refractivity contribution in [2.75, 3.05) is 18.1 Å². The lowest BCUT2D eigenvalue weighted by Crippen LogP contribution is -2.48. The van der Waals surface area contributed by atoms with E-state index in [-0.39, 0.29) is 18.0 Å². The fraction of sp³-hybridized carbons (Fsp3) is 0.462. The van der Waals surface area contributed by atoms with E-state index < -0.39 is 0 Å². The Hall–Kier alpha value is -1.07. The number of nitrogens with zero attached hydrogens (tertiary/aromatic N) is 1. The van der Waals surface area contributed by atoms with Gasteiger partial charge in [-0.3, -0.25) is 5.41 Å². The summed E-state index contributed by atoms with van der Waals surface area (Å²) in [5, 5.41) is 7.69. The Morgan fingerprint density at radius 1 is 1.50 bits per heavy atom. The van der Waals surface area contributed by atoms with Crippen LogP contribution in [0.5, 0.6) is 0 Å². The SMILES string of the molecule is CC1CN(c2cc(Br)ccc2C(=N)N)C(C)CO1. The van der Waals surface area contributed by atoms with Crippen LogP contribution in [-0.2, 0) is 4.74 Å². The maximum atomic E-state index is 7.69. The van der Waals surface area contributed by atoms with E-state index in [4.69, 9.17) is 15.9 Å². The monoisotopic (exact) mass is 311 g/mol. The summed E-state index contributed by atoms with van der Waals surface area (Å²) in [6.07, 6.45) is 0.194. The molecule has 5 heteroatoms. The van der Waals surface area contributed by atoms with Crippen molar-refractivity contribution in [1.29, 1.82) is 5.41 Å². The number of nitrogens with two attached hydrogens (primary N) is 1. The van der Waals surface area contributed by atoms with Crippen LogP contribution in [0.25, 0.3) is 0 Å². The van der Waals surface area contributed by atoms with Crippen molar-refractivity contribution < 1.29 is 4.74 Å². The predicted molar refractivity (Wildman–Crippen MR) is 77.4 cm³/mol. The zero-order chi connectivity index (χ0) is 13.3. The van der Waals surface area contributed by atoms with Gasteiger partial charge in [0.1, 0.15) is 5.84 Å². The van der Waals surface area contributed by atoms with Crippen molar-refractivity contribution in [3.63, 3.8) is 0 Å². The average molecular weight is 312 g/mol. The molecule has 2 rings (SSSR count). The van der Waals surface area contributed by atoms with Crippen LogP contribution in [0.1, 0.15) is 19.4 Å². The first-order valence-electron chi connectivity index (χ1n) is 6.01. The van der Waals surface area contributed by atoms with Crippen LogP contribution >= 0.6 is 15.9 Å². The van der Waals surface area contributed by atoms with Gasteiger partial charge in [0.15, 0.2) is 0 Å². The van der Waals surface area contributed by atoms with Gasteiger partial charge in [-0.05, 0) is 32.0 Å². The van der Waals surface area contributed by atoms with E-state index in [1.165, 1.54) is 0 Å². The fourth-order valence-electron chi connectivity index (χ4n) is 2.21. The van der Waals surface area contributed by atoms with Gasteiger partial charge >= 0.3 is 0 Å². The zero-order valence-corrected chi connectivity index (χ0v) is 12.2. The Morgan fingerprint density at radius 2 is 2.22 bits per heavy atom. The van der Waals surface area contributed by atoms with Crippen LogP contribution in [0, 0.1) is 5.41 Å². The van der Waals surface area contributed by atoms with E-state index >= 15 is 0 Å². The standard InChI is InChI=1S/C13H18BrN3O/c1-8-7-18-9(2)6-17(8)12-5-10(14)3-4-11(12)13(15)16/h3-5,8-9H,6-7H2,1-2H3,(H3,15,16). The summed E-state index contributed by atoms with van der Waals surface area (Å²) >= 11 is 3.48. The number of hydrogen-bond donors (Lipinski definition) is 2. The van der Waals surface area contributed by atoms with Crippen LogP contribution in [0.2, 0.25) is 0 Å². The molecule has 2 unspecified atom stereocenters. The number of rotatable bonds is 2. The Morgan fingerprint density at radius 3 is 2.89 bits per heavy atom.